The van der Waals surface area contributed by atoms with Crippen molar-refractivity contribution in [1.29, 1.82) is 0 Å². The molecule has 0 fully saturated rings. The number of nitrogens with one attached hydrogen (secondary N) is 1. The Labute approximate surface area is 131 Å². The molecule has 0 saturated carbocycles. The molecule has 4 rings (SSSR count). The fourth-order valence-electron chi connectivity index (χ4n) is 2.53. The third-order valence-corrected chi connectivity index (χ3v) is 3.59. The summed E-state index contributed by atoms with van der Waals surface area (Å²) in [6.07, 6.45) is 0. The van der Waals surface area contributed by atoms with Crippen LogP contribution >= 0.6 is 0 Å². The maximum atomic E-state index is 12.4. The van der Waals surface area contributed by atoms with Crippen molar-refractivity contribution in [2.45, 2.75) is 13.8 Å². The van der Waals surface area contributed by atoms with Crippen LogP contribution in [0.25, 0.3) is 5.65 Å². The largest absolute Gasteiger partial charge is 0.454 e. The van der Waals surface area contributed by atoms with Crippen LogP contribution in [-0.2, 0) is 0 Å². The molecule has 0 aliphatic carbocycles. The minimum atomic E-state index is -0.284. The Morgan fingerprint density at radius 1 is 1.17 bits per heavy atom. The summed E-state index contributed by atoms with van der Waals surface area (Å²) >= 11 is 0. The highest BCUT2D eigenvalue weighted by Crippen LogP contribution is 2.34. The highest BCUT2D eigenvalue weighted by Gasteiger charge is 2.16. The number of anilines is 1. The number of aromatic nitrogens is 3. The van der Waals surface area contributed by atoms with Crippen LogP contribution in [-0.4, -0.2) is 27.3 Å². The van der Waals surface area contributed by atoms with Gasteiger partial charge in [-0.15, -0.1) is 0 Å². The normalized spacial score (nSPS) is 12.6. The molecule has 0 atom stereocenters. The number of ether oxygens (including phenoxy) is 2. The van der Waals surface area contributed by atoms with E-state index in [9.17, 15) is 4.79 Å². The minimum Gasteiger partial charge on any atom is -0.454 e. The Kier molecular flexibility index (Phi) is 2.94. The maximum absolute atomic E-state index is 12.4. The van der Waals surface area contributed by atoms with Crippen LogP contribution in [0.15, 0.2) is 30.3 Å². The molecule has 7 heteroatoms. The molecular weight excluding hydrogens is 296 g/mol. The van der Waals surface area contributed by atoms with Crippen LogP contribution in [0.3, 0.4) is 0 Å². The first-order valence-electron chi connectivity index (χ1n) is 7.15. The summed E-state index contributed by atoms with van der Waals surface area (Å²) < 4.78 is 12.3. The standard InChI is InChI=1S/C16H14N4O3/c1-9-5-15-18-12(6-10(2)20(15)19-9)16(21)17-11-3-4-13-14(7-11)23-8-22-13/h3-7H,8H2,1-2H3,(H,17,21). The molecule has 2 aromatic heterocycles. The fourth-order valence-corrected chi connectivity index (χ4v) is 2.53. The average molecular weight is 310 g/mol. The predicted octanol–water partition coefficient (Wildman–Crippen LogP) is 2.33. The first kappa shape index (κ1) is 13.6. The van der Waals surface area contributed by atoms with Crippen LogP contribution < -0.4 is 14.8 Å². The molecule has 0 unspecified atom stereocenters. The molecule has 0 saturated heterocycles. The SMILES string of the molecule is Cc1cc2nc(C(=O)Nc3ccc4c(c3)OCO4)cc(C)n2n1. The van der Waals surface area contributed by atoms with Gasteiger partial charge in [-0.3, -0.25) is 4.79 Å². The zero-order valence-electron chi connectivity index (χ0n) is 12.7. The van der Waals surface area contributed by atoms with Crippen LogP contribution in [0.1, 0.15) is 21.9 Å². The Morgan fingerprint density at radius 3 is 2.87 bits per heavy atom. The van der Waals surface area contributed by atoms with E-state index < -0.39 is 0 Å². The quantitative estimate of drug-likeness (QED) is 0.786. The van der Waals surface area contributed by atoms with Crippen molar-refractivity contribution in [3.05, 3.63) is 47.4 Å². The van der Waals surface area contributed by atoms with E-state index in [4.69, 9.17) is 9.47 Å². The number of nitrogens with zero attached hydrogens (tertiary/aromatic N) is 3. The van der Waals surface area contributed by atoms with E-state index in [1.165, 1.54) is 0 Å². The summed E-state index contributed by atoms with van der Waals surface area (Å²) in [5, 5.41) is 7.15. The van der Waals surface area contributed by atoms with Gasteiger partial charge in [0, 0.05) is 23.5 Å². The van der Waals surface area contributed by atoms with Gasteiger partial charge in [-0.25, -0.2) is 9.50 Å². The first-order chi connectivity index (χ1) is 11.1. The second-order valence-electron chi connectivity index (χ2n) is 5.36. The minimum absolute atomic E-state index is 0.199. The van der Waals surface area contributed by atoms with Gasteiger partial charge in [0.05, 0.1) is 5.69 Å². The number of amides is 1. The zero-order valence-corrected chi connectivity index (χ0v) is 12.7. The second kappa shape index (κ2) is 4.98. The number of hydrogen-bond donors (Lipinski definition) is 1. The van der Waals surface area contributed by atoms with Crippen molar-refractivity contribution >= 4 is 17.2 Å². The summed E-state index contributed by atoms with van der Waals surface area (Å²) in [4.78, 5) is 16.8. The molecule has 1 amide bonds. The molecule has 0 bridgehead atoms. The first-order valence-corrected chi connectivity index (χ1v) is 7.15. The fraction of sp³-hybridized carbons (Fsp3) is 0.188. The van der Waals surface area contributed by atoms with E-state index in [-0.39, 0.29) is 12.7 Å². The number of carbonyl (C=O) groups excluding carboxylic acids is 1. The molecule has 0 spiro atoms. The second-order valence-corrected chi connectivity index (χ2v) is 5.36. The average Bonchev–Trinajstić information content (AvgIpc) is 3.12. The van der Waals surface area contributed by atoms with Gasteiger partial charge in [-0.2, -0.15) is 5.10 Å². The molecule has 116 valence electrons. The third kappa shape index (κ3) is 2.36. The number of rotatable bonds is 2. The van der Waals surface area contributed by atoms with Gasteiger partial charge in [0.25, 0.3) is 5.91 Å². The van der Waals surface area contributed by atoms with Gasteiger partial charge in [0.1, 0.15) is 5.69 Å². The van der Waals surface area contributed by atoms with Gasteiger partial charge in [0.15, 0.2) is 17.1 Å². The lowest BCUT2D eigenvalue weighted by Gasteiger charge is -2.07. The van der Waals surface area contributed by atoms with Crippen LogP contribution in [0.4, 0.5) is 5.69 Å². The molecule has 1 aliphatic rings. The number of fused-ring (bicyclic) bond motifs is 2. The molecule has 23 heavy (non-hydrogen) atoms. The topological polar surface area (TPSA) is 77.8 Å². The van der Waals surface area contributed by atoms with E-state index in [0.717, 1.165) is 11.4 Å². The summed E-state index contributed by atoms with van der Waals surface area (Å²) in [7, 11) is 0. The van der Waals surface area contributed by atoms with Crippen molar-refractivity contribution in [2.75, 3.05) is 12.1 Å². The van der Waals surface area contributed by atoms with Gasteiger partial charge < -0.3 is 14.8 Å². The zero-order chi connectivity index (χ0) is 16.0. The van der Waals surface area contributed by atoms with Gasteiger partial charge in [-0.1, -0.05) is 0 Å². The molecule has 1 N–H and O–H groups in total. The van der Waals surface area contributed by atoms with E-state index in [1.807, 2.05) is 19.9 Å². The van der Waals surface area contributed by atoms with Crippen LogP contribution in [0.5, 0.6) is 11.5 Å². The van der Waals surface area contributed by atoms with Crippen molar-refractivity contribution in [1.82, 2.24) is 14.6 Å². The highest BCUT2D eigenvalue weighted by molar-refractivity contribution is 6.03. The Bertz CT molecular complexity index is 932. The summed E-state index contributed by atoms with van der Waals surface area (Å²) in [5.74, 6) is 1.01. The van der Waals surface area contributed by atoms with Gasteiger partial charge >= 0.3 is 0 Å². The Morgan fingerprint density at radius 2 is 2.00 bits per heavy atom. The molecule has 0 radical (unpaired) electrons. The Hall–Kier alpha value is -3.09. The lowest BCUT2D eigenvalue weighted by atomic mass is 10.2. The molecule has 7 nitrogen and oxygen atoms in total. The Balaban J connectivity index is 1.64. The van der Waals surface area contributed by atoms with Crippen molar-refractivity contribution < 1.29 is 14.3 Å². The van der Waals surface area contributed by atoms with Crippen molar-refractivity contribution in [3.8, 4) is 11.5 Å². The third-order valence-electron chi connectivity index (χ3n) is 3.59. The van der Waals surface area contributed by atoms with Crippen molar-refractivity contribution in [2.24, 2.45) is 0 Å². The van der Waals surface area contributed by atoms with Crippen LogP contribution in [0, 0.1) is 13.8 Å². The molecular formula is C16H14N4O3. The molecule has 1 aromatic carbocycles. The van der Waals surface area contributed by atoms with Crippen LogP contribution in [0.2, 0.25) is 0 Å². The lowest BCUT2D eigenvalue weighted by Crippen LogP contribution is -2.15. The predicted molar refractivity (Wildman–Crippen MR) is 83.0 cm³/mol. The molecule has 3 heterocycles. The summed E-state index contributed by atoms with van der Waals surface area (Å²) in [6, 6.07) is 8.81. The monoisotopic (exact) mass is 310 g/mol. The van der Waals surface area contributed by atoms with E-state index in [1.54, 1.807) is 28.8 Å². The number of aryl methyl sites for hydroxylation is 2. The lowest BCUT2D eigenvalue weighted by molar-refractivity contribution is 0.102. The molecule has 1 aliphatic heterocycles. The molecule has 3 aromatic rings. The maximum Gasteiger partial charge on any atom is 0.274 e. The number of hydrogen-bond acceptors (Lipinski definition) is 5. The highest BCUT2D eigenvalue weighted by atomic mass is 16.7. The summed E-state index contributed by atoms with van der Waals surface area (Å²) in [6.45, 7) is 3.98. The van der Waals surface area contributed by atoms with E-state index in [2.05, 4.69) is 15.4 Å². The van der Waals surface area contributed by atoms with Crippen molar-refractivity contribution in [3.63, 3.8) is 0 Å². The van der Waals surface area contributed by atoms with Gasteiger partial charge in [0.2, 0.25) is 6.79 Å². The van der Waals surface area contributed by atoms with Gasteiger partial charge in [-0.05, 0) is 32.0 Å². The van der Waals surface area contributed by atoms with E-state index in [0.29, 0.717) is 28.5 Å². The smallest absolute Gasteiger partial charge is 0.274 e. The number of carbonyl (C=O) groups is 1. The van der Waals surface area contributed by atoms with E-state index >= 15 is 0 Å². The number of benzene rings is 1. The summed E-state index contributed by atoms with van der Waals surface area (Å²) in [5.41, 5.74) is 3.32.